The van der Waals surface area contributed by atoms with Gasteiger partial charge >= 0.3 is 0 Å². The molecule has 6 heteroatoms. The van der Waals surface area contributed by atoms with Gasteiger partial charge in [-0.2, -0.15) is 0 Å². The predicted octanol–water partition coefficient (Wildman–Crippen LogP) is 2.88. The smallest absolute Gasteiger partial charge is 0.229 e. The molecule has 0 aliphatic carbocycles. The molecule has 0 atom stereocenters. The van der Waals surface area contributed by atoms with E-state index in [4.69, 9.17) is 9.47 Å². The van der Waals surface area contributed by atoms with Gasteiger partial charge in [-0.3, -0.25) is 4.72 Å². The van der Waals surface area contributed by atoms with Crippen LogP contribution in [0, 0.1) is 0 Å². The summed E-state index contributed by atoms with van der Waals surface area (Å²) < 4.78 is 36.7. The lowest BCUT2D eigenvalue weighted by Gasteiger charge is -2.14. The zero-order chi connectivity index (χ0) is 14.9. The molecule has 1 N–H and O–H groups in total. The number of para-hydroxylation sites is 1. The van der Waals surface area contributed by atoms with Crippen molar-refractivity contribution in [2.75, 3.05) is 11.0 Å². The van der Waals surface area contributed by atoms with E-state index in [1.807, 2.05) is 36.4 Å². The molecule has 2 aromatic carbocycles. The predicted molar refractivity (Wildman–Crippen MR) is 79.9 cm³/mol. The van der Waals surface area contributed by atoms with Gasteiger partial charge in [0.2, 0.25) is 10.0 Å². The number of sulfonamides is 1. The van der Waals surface area contributed by atoms with E-state index in [-0.39, 0.29) is 0 Å². The molecule has 0 fully saturated rings. The van der Waals surface area contributed by atoms with E-state index >= 15 is 0 Å². The number of rotatable bonds is 4. The second kappa shape index (κ2) is 5.38. The molecule has 0 bridgehead atoms. The SMILES string of the molecule is CS(=O)(=O)Nc1cc2c(cc1Oc1ccccc1)COC2. The number of hydrogen-bond donors (Lipinski definition) is 1. The van der Waals surface area contributed by atoms with Crippen molar-refractivity contribution in [2.24, 2.45) is 0 Å². The third kappa shape index (κ3) is 3.34. The van der Waals surface area contributed by atoms with Gasteiger partial charge in [0, 0.05) is 0 Å². The van der Waals surface area contributed by atoms with Crippen molar-refractivity contribution in [3.8, 4) is 11.5 Å². The topological polar surface area (TPSA) is 64.6 Å². The molecule has 0 saturated carbocycles. The molecule has 0 aromatic heterocycles. The number of fused-ring (bicyclic) bond motifs is 1. The van der Waals surface area contributed by atoms with E-state index in [0.29, 0.717) is 30.4 Å². The summed E-state index contributed by atoms with van der Waals surface area (Å²) in [7, 11) is -3.38. The maximum absolute atomic E-state index is 11.5. The van der Waals surface area contributed by atoms with Crippen LogP contribution in [0.4, 0.5) is 5.69 Å². The van der Waals surface area contributed by atoms with E-state index in [1.54, 1.807) is 6.07 Å². The third-order valence-corrected chi connectivity index (χ3v) is 3.67. The minimum absolute atomic E-state index is 0.422. The zero-order valence-corrected chi connectivity index (χ0v) is 12.3. The zero-order valence-electron chi connectivity index (χ0n) is 11.5. The molecule has 0 amide bonds. The van der Waals surface area contributed by atoms with E-state index in [9.17, 15) is 8.42 Å². The molecule has 0 radical (unpaired) electrons. The molecule has 3 rings (SSSR count). The van der Waals surface area contributed by atoms with Gasteiger partial charge in [-0.1, -0.05) is 18.2 Å². The summed E-state index contributed by atoms with van der Waals surface area (Å²) in [6.45, 7) is 0.999. The molecule has 0 spiro atoms. The van der Waals surface area contributed by atoms with E-state index in [0.717, 1.165) is 17.4 Å². The van der Waals surface area contributed by atoms with Gasteiger partial charge in [-0.05, 0) is 35.4 Å². The summed E-state index contributed by atoms with van der Waals surface area (Å²) in [5.74, 6) is 1.11. The van der Waals surface area contributed by atoms with Gasteiger partial charge in [0.25, 0.3) is 0 Å². The molecular weight excluding hydrogens is 290 g/mol. The second-order valence-electron chi connectivity index (χ2n) is 4.90. The average Bonchev–Trinajstić information content (AvgIpc) is 2.85. The van der Waals surface area contributed by atoms with Crippen LogP contribution in [0.1, 0.15) is 11.1 Å². The van der Waals surface area contributed by atoms with Gasteiger partial charge in [0.05, 0.1) is 25.2 Å². The van der Waals surface area contributed by atoms with Crippen molar-refractivity contribution in [3.05, 3.63) is 53.6 Å². The molecule has 0 unspecified atom stereocenters. The molecule has 1 aliphatic heterocycles. The minimum atomic E-state index is -3.38. The molecule has 2 aromatic rings. The summed E-state index contributed by atoms with van der Waals surface area (Å²) in [6.07, 6.45) is 1.11. The van der Waals surface area contributed by atoms with Crippen LogP contribution in [0.2, 0.25) is 0 Å². The van der Waals surface area contributed by atoms with Crippen molar-refractivity contribution in [1.82, 2.24) is 0 Å². The van der Waals surface area contributed by atoms with Crippen LogP contribution < -0.4 is 9.46 Å². The Bertz CT molecular complexity index is 757. The number of ether oxygens (including phenoxy) is 2. The fourth-order valence-corrected chi connectivity index (χ4v) is 2.74. The summed E-state index contributed by atoms with van der Waals surface area (Å²) in [5, 5.41) is 0. The lowest BCUT2D eigenvalue weighted by Crippen LogP contribution is -2.11. The normalized spacial score (nSPS) is 13.8. The van der Waals surface area contributed by atoms with Gasteiger partial charge in [-0.25, -0.2) is 8.42 Å². The quantitative estimate of drug-likeness (QED) is 0.943. The first-order chi connectivity index (χ1) is 10.0. The molecule has 1 heterocycles. The largest absolute Gasteiger partial charge is 0.455 e. The fraction of sp³-hybridized carbons (Fsp3) is 0.200. The van der Waals surface area contributed by atoms with Crippen molar-refractivity contribution in [1.29, 1.82) is 0 Å². The highest BCUT2D eigenvalue weighted by Gasteiger charge is 2.18. The van der Waals surface area contributed by atoms with Crippen molar-refractivity contribution in [2.45, 2.75) is 13.2 Å². The van der Waals surface area contributed by atoms with Crippen LogP contribution in [-0.2, 0) is 28.0 Å². The standard InChI is InChI=1S/C15H15NO4S/c1-21(17,18)16-14-7-11-9-19-10-12(11)8-15(14)20-13-5-3-2-4-6-13/h2-8,16H,9-10H2,1H3. The van der Waals surface area contributed by atoms with Gasteiger partial charge in [-0.15, -0.1) is 0 Å². The van der Waals surface area contributed by atoms with Crippen molar-refractivity contribution >= 4 is 15.7 Å². The highest BCUT2D eigenvalue weighted by atomic mass is 32.2. The minimum Gasteiger partial charge on any atom is -0.455 e. The Morgan fingerprint density at radius 1 is 1.10 bits per heavy atom. The van der Waals surface area contributed by atoms with Gasteiger partial charge < -0.3 is 9.47 Å². The van der Waals surface area contributed by atoms with Crippen molar-refractivity contribution in [3.63, 3.8) is 0 Å². The maximum Gasteiger partial charge on any atom is 0.229 e. The van der Waals surface area contributed by atoms with Crippen molar-refractivity contribution < 1.29 is 17.9 Å². The number of hydrogen-bond acceptors (Lipinski definition) is 4. The highest BCUT2D eigenvalue weighted by molar-refractivity contribution is 7.92. The van der Waals surface area contributed by atoms with E-state index < -0.39 is 10.0 Å². The molecule has 5 nitrogen and oxygen atoms in total. The van der Waals surface area contributed by atoms with Gasteiger partial charge in [0.1, 0.15) is 5.75 Å². The maximum atomic E-state index is 11.5. The van der Waals surface area contributed by atoms with Crippen LogP contribution in [0.15, 0.2) is 42.5 Å². The van der Waals surface area contributed by atoms with Crippen LogP contribution in [0.5, 0.6) is 11.5 Å². The van der Waals surface area contributed by atoms with Crippen LogP contribution >= 0.6 is 0 Å². The molecule has 1 aliphatic rings. The highest BCUT2D eigenvalue weighted by Crippen LogP contribution is 2.35. The summed E-state index contributed by atoms with van der Waals surface area (Å²) in [5.41, 5.74) is 2.41. The average molecular weight is 305 g/mol. The molecule has 0 saturated heterocycles. The van der Waals surface area contributed by atoms with Gasteiger partial charge in [0.15, 0.2) is 5.75 Å². The number of anilines is 1. The first-order valence-electron chi connectivity index (χ1n) is 6.45. The lowest BCUT2D eigenvalue weighted by molar-refractivity contribution is 0.134. The van der Waals surface area contributed by atoms with E-state index in [2.05, 4.69) is 4.72 Å². The lowest BCUT2D eigenvalue weighted by atomic mass is 10.1. The van der Waals surface area contributed by atoms with Crippen LogP contribution in [0.3, 0.4) is 0 Å². The molecule has 21 heavy (non-hydrogen) atoms. The Labute approximate surface area is 123 Å². The number of nitrogens with one attached hydrogen (secondary N) is 1. The Hall–Kier alpha value is -2.05. The summed E-state index contributed by atoms with van der Waals surface area (Å²) in [4.78, 5) is 0. The summed E-state index contributed by atoms with van der Waals surface area (Å²) in [6, 6.07) is 12.8. The monoisotopic (exact) mass is 305 g/mol. The van der Waals surface area contributed by atoms with Crippen LogP contribution in [0.25, 0.3) is 0 Å². The molecule has 110 valence electrons. The first-order valence-corrected chi connectivity index (χ1v) is 8.35. The summed E-state index contributed by atoms with van der Waals surface area (Å²) >= 11 is 0. The van der Waals surface area contributed by atoms with E-state index in [1.165, 1.54) is 0 Å². The molecular formula is C15H15NO4S. The Morgan fingerprint density at radius 3 is 2.43 bits per heavy atom. The fourth-order valence-electron chi connectivity index (χ4n) is 2.19. The number of benzene rings is 2. The Balaban J connectivity index is 2.00. The second-order valence-corrected chi connectivity index (χ2v) is 6.65. The Morgan fingerprint density at radius 2 is 1.76 bits per heavy atom. The Kier molecular flexibility index (Phi) is 3.57. The first kappa shape index (κ1) is 13.9. The third-order valence-electron chi connectivity index (χ3n) is 3.08. The van der Waals surface area contributed by atoms with Crippen LogP contribution in [-0.4, -0.2) is 14.7 Å².